The molecule has 154 valence electrons. The molecule has 0 aromatic heterocycles. The Morgan fingerprint density at radius 2 is 1.57 bits per heavy atom. The van der Waals surface area contributed by atoms with Crippen molar-refractivity contribution in [2.75, 3.05) is 26.2 Å². The van der Waals surface area contributed by atoms with Gasteiger partial charge in [0.1, 0.15) is 0 Å². The number of benzene rings is 1. The van der Waals surface area contributed by atoms with Crippen molar-refractivity contribution in [3.05, 3.63) is 28.8 Å². The van der Waals surface area contributed by atoms with Crippen LogP contribution in [0.25, 0.3) is 0 Å². The van der Waals surface area contributed by atoms with Gasteiger partial charge in [-0.3, -0.25) is 0 Å². The number of likely N-dealkylation sites (tertiary alicyclic amines) is 1. The topological polar surface area (TPSA) is 64.4 Å². The summed E-state index contributed by atoms with van der Waals surface area (Å²) in [5.41, 5.74) is 2.80. The van der Waals surface area contributed by atoms with Gasteiger partial charge in [0.25, 0.3) is 0 Å². The van der Waals surface area contributed by atoms with E-state index in [0.717, 1.165) is 49.0 Å². The standard InChI is InChI=1S/C22H33N3O2S/c1-17-15-18(2)22(19(3)16-17)28(26,27)25-13-8-21(9-14-25)24-11-6-20(7-12-24)5-4-10-23/h15-16,20-21H,4-9,11-14H2,1-3H3. The molecule has 2 aliphatic rings. The lowest BCUT2D eigenvalue weighted by atomic mass is 9.90. The van der Waals surface area contributed by atoms with E-state index in [1.807, 2.05) is 32.9 Å². The lowest BCUT2D eigenvalue weighted by Crippen LogP contribution is -2.49. The van der Waals surface area contributed by atoms with Crippen LogP contribution in [0.1, 0.15) is 55.2 Å². The van der Waals surface area contributed by atoms with Gasteiger partial charge >= 0.3 is 0 Å². The second-order valence-corrected chi connectivity index (χ2v) is 10.4. The predicted molar refractivity (Wildman–Crippen MR) is 112 cm³/mol. The third-order valence-electron chi connectivity index (χ3n) is 6.46. The third kappa shape index (κ3) is 4.59. The van der Waals surface area contributed by atoms with Crippen LogP contribution in [0.15, 0.2) is 17.0 Å². The summed E-state index contributed by atoms with van der Waals surface area (Å²) in [5.74, 6) is 0.684. The van der Waals surface area contributed by atoms with Crippen molar-refractivity contribution in [2.45, 2.75) is 70.2 Å². The molecule has 0 atom stereocenters. The van der Waals surface area contributed by atoms with Crippen molar-refractivity contribution in [2.24, 2.45) is 5.92 Å². The molecule has 0 spiro atoms. The number of hydrogen-bond donors (Lipinski definition) is 0. The minimum Gasteiger partial charge on any atom is -0.300 e. The molecule has 0 bridgehead atoms. The first-order valence-corrected chi connectivity index (χ1v) is 12.0. The lowest BCUT2D eigenvalue weighted by molar-refractivity contribution is 0.0953. The van der Waals surface area contributed by atoms with E-state index in [-0.39, 0.29) is 0 Å². The Morgan fingerprint density at radius 3 is 2.11 bits per heavy atom. The largest absolute Gasteiger partial charge is 0.300 e. The molecule has 2 fully saturated rings. The maximum Gasteiger partial charge on any atom is 0.243 e. The second-order valence-electron chi connectivity index (χ2n) is 8.54. The second kappa shape index (κ2) is 8.94. The molecule has 2 heterocycles. The van der Waals surface area contributed by atoms with Crippen LogP contribution < -0.4 is 0 Å². The third-order valence-corrected chi connectivity index (χ3v) is 8.66. The van der Waals surface area contributed by atoms with Crippen LogP contribution in [-0.2, 0) is 10.0 Å². The first-order chi connectivity index (χ1) is 13.3. The van der Waals surface area contributed by atoms with Gasteiger partial charge in [0.05, 0.1) is 11.0 Å². The van der Waals surface area contributed by atoms with Gasteiger partial charge in [0.2, 0.25) is 10.0 Å². The van der Waals surface area contributed by atoms with E-state index in [1.54, 1.807) is 4.31 Å². The Labute approximate surface area is 170 Å². The van der Waals surface area contributed by atoms with Crippen LogP contribution in [-0.4, -0.2) is 49.8 Å². The van der Waals surface area contributed by atoms with Crippen LogP contribution in [0.3, 0.4) is 0 Å². The zero-order chi connectivity index (χ0) is 20.3. The number of nitrogens with zero attached hydrogens (tertiary/aromatic N) is 3. The van der Waals surface area contributed by atoms with Gasteiger partial charge in [-0.15, -0.1) is 0 Å². The number of nitriles is 1. The van der Waals surface area contributed by atoms with E-state index in [4.69, 9.17) is 5.26 Å². The van der Waals surface area contributed by atoms with Crippen molar-refractivity contribution in [3.63, 3.8) is 0 Å². The van der Waals surface area contributed by atoms with Crippen molar-refractivity contribution in [1.82, 2.24) is 9.21 Å². The van der Waals surface area contributed by atoms with E-state index in [2.05, 4.69) is 11.0 Å². The molecule has 2 saturated heterocycles. The average Bonchev–Trinajstić information content (AvgIpc) is 2.66. The fourth-order valence-corrected chi connectivity index (χ4v) is 6.91. The van der Waals surface area contributed by atoms with Gasteiger partial charge in [-0.1, -0.05) is 17.7 Å². The molecule has 0 aliphatic carbocycles. The van der Waals surface area contributed by atoms with Crippen LogP contribution in [0.4, 0.5) is 0 Å². The summed E-state index contributed by atoms with van der Waals surface area (Å²) in [6, 6.07) is 6.67. The summed E-state index contributed by atoms with van der Waals surface area (Å²) in [4.78, 5) is 3.05. The van der Waals surface area contributed by atoms with Crippen molar-refractivity contribution < 1.29 is 8.42 Å². The van der Waals surface area contributed by atoms with Crippen LogP contribution in [0.2, 0.25) is 0 Å². The summed E-state index contributed by atoms with van der Waals surface area (Å²) >= 11 is 0. The SMILES string of the molecule is Cc1cc(C)c(S(=O)(=O)N2CCC(N3CCC(CCC#N)CC3)CC2)c(C)c1. The van der Waals surface area contributed by atoms with Gasteiger partial charge in [-0.05, 0) is 83.0 Å². The molecule has 0 amide bonds. The fraction of sp³-hybridized carbons (Fsp3) is 0.682. The van der Waals surface area contributed by atoms with Crippen molar-refractivity contribution in [1.29, 1.82) is 5.26 Å². The molecule has 28 heavy (non-hydrogen) atoms. The van der Waals surface area contributed by atoms with Crippen molar-refractivity contribution in [3.8, 4) is 6.07 Å². The molecule has 3 rings (SSSR count). The molecule has 5 nitrogen and oxygen atoms in total. The molecule has 6 heteroatoms. The summed E-state index contributed by atoms with van der Waals surface area (Å²) in [7, 11) is -3.43. The summed E-state index contributed by atoms with van der Waals surface area (Å²) < 4.78 is 28.2. The van der Waals surface area contributed by atoms with E-state index in [9.17, 15) is 8.42 Å². The van der Waals surface area contributed by atoms with E-state index in [0.29, 0.717) is 36.4 Å². The summed E-state index contributed by atoms with van der Waals surface area (Å²) in [6.45, 7) is 9.19. The highest BCUT2D eigenvalue weighted by atomic mass is 32.2. The molecule has 0 saturated carbocycles. The molecule has 1 aromatic rings. The Balaban J connectivity index is 1.59. The maximum atomic E-state index is 13.3. The Kier molecular flexibility index (Phi) is 6.80. The molecular weight excluding hydrogens is 370 g/mol. The minimum atomic E-state index is -3.43. The van der Waals surface area contributed by atoms with Gasteiger partial charge in [-0.25, -0.2) is 8.42 Å². The van der Waals surface area contributed by atoms with Gasteiger partial charge in [0.15, 0.2) is 0 Å². The zero-order valence-corrected chi connectivity index (χ0v) is 18.3. The maximum absolute atomic E-state index is 13.3. The highest BCUT2D eigenvalue weighted by Crippen LogP contribution is 2.30. The molecule has 0 N–H and O–H groups in total. The van der Waals surface area contributed by atoms with Gasteiger partial charge in [-0.2, -0.15) is 9.57 Å². The van der Waals surface area contributed by atoms with E-state index in [1.165, 1.54) is 12.8 Å². The number of sulfonamides is 1. The lowest BCUT2D eigenvalue weighted by Gasteiger charge is -2.41. The molecule has 0 radical (unpaired) electrons. The number of rotatable bonds is 5. The Bertz CT molecular complexity index is 805. The fourth-order valence-electron chi connectivity index (χ4n) is 5.03. The average molecular weight is 404 g/mol. The smallest absolute Gasteiger partial charge is 0.243 e. The monoisotopic (exact) mass is 403 g/mol. The summed E-state index contributed by atoms with van der Waals surface area (Å²) in [5, 5.41) is 8.76. The van der Waals surface area contributed by atoms with Crippen LogP contribution >= 0.6 is 0 Å². The number of aryl methyl sites for hydroxylation is 3. The van der Waals surface area contributed by atoms with Gasteiger partial charge < -0.3 is 4.90 Å². The van der Waals surface area contributed by atoms with Crippen molar-refractivity contribution >= 4 is 10.0 Å². The van der Waals surface area contributed by atoms with Gasteiger partial charge in [0, 0.05) is 25.6 Å². The quantitative estimate of drug-likeness (QED) is 0.750. The molecule has 1 aromatic carbocycles. The first-order valence-electron chi connectivity index (χ1n) is 10.5. The van der Waals surface area contributed by atoms with E-state index >= 15 is 0 Å². The van der Waals surface area contributed by atoms with Crippen LogP contribution in [0.5, 0.6) is 0 Å². The first kappa shape index (κ1) is 21.3. The number of piperidine rings is 2. The highest BCUT2D eigenvalue weighted by molar-refractivity contribution is 7.89. The number of hydrogen-bond acceptors (Lipinski definition) is 4. The zero-order valence-electron chi connectivity index (χ0n) is 17.4. The van der Waals surface area contributed by atoms with Crippen LogP contribution in [0, 0.1) is 38.0 Å². The predicted octanol–water partition coefficient (Wildman–Crippen LogP) is 3.78. The normalized spacial score (nSPS) is 20.9. The molecule has 2 aliphatic heterocycles. The Morgan fingerprint density at radius 1 is 1.00 bits per heavy atom. The Hall–Kier alpha value is -1.42. The van der Waals surface area contributed by atoms with E-state index < -0.39 is 10.0 Å². The summed E-state index contributed by atoms with van der Waals surface area (Å²) in [6.07, 6.45) is 5.84. The highest BCUT2D eigenvalue weighted by Gasteiger charge is 2.34. The molecular formula is C22H33N3O2S. The molecule has 0 unspecified atom stereocenters. The minimum absolute atomic E-state index is 0.489.